The van der Waals surface area contributed by atoms with Crippen LogP contribution in [0.5, 0.6) is 0 Å². The highest BCUT2D eigenvalue weighted by Gasteiger charge is 2.42. The molecule has 1 aliphatic heterocycles. The number of nitro benzene ring substituents is 3. The zero-order chi connectivity index (χ0) is 20.2. The first kappa shape index (κ1) is 21.3. The molecule has 1 aromatic rings. The van der Waals surface area contributed by atoms with Gasteiger partial charge >= 0.3 is 0 Å². The van der Waals surface area contributed by atoms with E-state index in [1.807, 2.05) is 0 Å². The number of ether oxygens (including phenoxy) is 1. The number of hydrogen-bond donors (Lipinski definition) is 2. The van der Waals surface area contributed by atoms with Crippen molar-refractivity contribution in [2.75, 3.05) is 32.8 Å². The maximum absolute atomic E-state index is 11.4. The highest BCUT2D eigenvalue weighted by Crippen LogP contribution is 2.49. The molecule has 0 amide bonds. The first-order valence-corrected chi connectivity index (χ1v) is 9.08. The largest absolute Gasteiger partial charge is 0.342 e. The Bertz CT molecular complexity index is 724. The number of thioether (sulfide) groups is 1. The van der Waals surface area contributed by atoms with E-state index in [4.69, 9.17) is 4.74 Å². The van der Waals surface area contributed by atoms with Crippen LogP contribution in [0.4, 0.5) is 17.1 Å². The van der Waals surface area contributed by atoms with Gasteiger partial charge < -0.3 is 10.1 Å². The highest BCUT2D eigenvalue weighted by molar-refractivity contribution is 8.11. The van der Waals surface area contributed by atoms with Gasteiger partial charge in [-0.05, 0) is 18.7 Å². The van der Waals surface area contributed by atoms with E-state index in [2.05, 4.69) is 17.9 Å². The van der Waals surface area contributed by atoms with E-state index >= 15 is 0 Å². The molecule has 0 radical (unpaired) electrons. The molecule has 0 saturated carbocycles. The van der Waals surface area contributed by atoms with Crippen LogP contribution >= 0.6 is 24.4 Å². The minimum atomic E-state index is -1.41. The third-order valence-corrected chi connectivity index (χ3v) is 5.67. The van der Waals surface area contributed by atoms with Crippen LogP contribution in [0.15, 0.2) is 17.0 Å². The smallest absolute Gasteiger partial charge is 0.296 e. The van der Waals surface area contributed by atoms with Crippen LogP contribution in [0.1, 0.15) is 6.92 Å². The fourth-order valence-corrected chi connectivity index (χ4v) is 4.35. The Kier molecular flexibility index (Phi) is 6.94. The normalized spacial score (nSPS) is 17.3. The predicted octanol–water partition coefficient (Wildman–Crippen LogP) is 1.99. The van der Waals surface area contributed by atoms with Gasteiger partial charge in [0.05, 0.1) is 26.9 Å². The van der Waals surface area contributed by atoms with Crippen molar-refractivity contribution in [1.82, 2.24) is 10.2 Å². The summed E-state index contributed by atoms with van der Waals surface area (Å²) in [5.41, 5.74) is -2.22. The van der Waals surface area contributed by atoms with Crippen LogP contribution in [-0.2, 0) is 4.74 Å². The molecule has 0 aliphatic carbocycles. The second kappa shape index (κ2) is 8.79. The van der Waals surface area contributed by atoms with Crippen molar-refractivity contribution in [3.8, 4) is 0 Å². The zero-order valence-electron chi connectivity index (χ0n) is 14.2. The van der Waals surface area contributed by atoms with Crippen molar-refractivity contribution in [3.63, 3.8) is 0 Å². The van der Waals surface area contributed by atoms with E-state index in [1.54, 1.807) is 11.8 Å². The highest BCUT2D eigenvalue weighted by atomic mass is 32.2. The van der Waals surface area contributed by atoms with Crippen LogP contribution in [0.2, 0.25) is 0 Å². The number of piperazine rings is 1. The Labute approximate surface area is 163 Å². The van der Waals surface area contributed by atoms with E-state index in [9.17, 15) is 30.3 Å². The van der Waals surface area contributed by atoms with Crippen molar-refractivity contribution in [2.24, 2.45) is 0 Å². The second-order valence-electron chi connectivity index (χ2n) is 5.41. The summed E-state index contributed by atoms with van der Waals surface area (Å²) >= 11 is 5.20. The maximum Gasteiger partial charge on any atom is 0.296 e. The molecular formula is C13H17N5O7S2. The summed E-state index contributed by atoms with van der Waals surface area (Å²) in [7, 11) is 0. The summed E-state index contributed by atoms with van der Waals surface area (Å²) in [5.74, 6) is 0. The number of nitrogens with one attached hydrogen (secondary N) is 1. The van der Waals surface area contributed by atoms with Crippen molar-refractivity contribution in [3.05, 3.63) is 42.5 Å². The Morgan fingerprint density at radius 2 is 1.67 bits per heavy atom. The average molecular weight is 419 g/mol. The lowest BCUT2D eigenvalue weighted by atomic mass is 10.2. The van der Waals surface area contributed by atoms with E-state index in [1.165, 1.54) is 0 Å². The standard InChI is InChI=1S/C13H17N5O7S2/c1-2-25-13(26,15-5-3-14-4-6-15)27-12-10(17(21)22)7-9(16(19)20)8-11(12)18(23)24/h7-8,14,26H,2-6H2,1H3. The minimum absolute atomic E-state index is 0.203. The topological polar surface area (TPSA) is 154 Å². The molecule has 14 heteroatoms. The van der Waals surface area contributed by atoms with Crippen molar-refractivity contribution in [2.45, 2.75) is 16.2 Å². The van der Waals surface area contributed by atoms with Crippen molar-refractivity contribution >= 4 is 41.5 Å². The fourth-order valence-electron chi connectivity index (χ4n) is 2.52. The number of nitro groups is 3. The second-order valence-corrected chi connectivity index (χ2v) is 7.48. The van der Waals surface area contributed by atoms with Gasteiger partial charge in [0.2, 0.25) is 4.39 Å². The lowest BCUT2D eigenvalue weighted by Crippen LogP contribution is -2.53. The molecule has 12 nitrogen and oxygen atoms in total. The van der Waals surface area contributed by atoms with Gasteiger partial charge in [-0.15, -0.1) is 12.6 Å². The maximum atomic E-state index is 11.4. The summed E-state index contributed by atoms with van der Waals surface area (Å²) in [6.45, 7) is 4.17. The van der Waals surface area contributed by atoms with E-state index in [-0.39, 0.29) is 11.5 Å². The average Bonchev–Trinajstić information content (AvgIpc) is 2.62. The number of non-ortho nitro benzene ring substituents is 1. The molecule has 1 N–H and O–H groups in total. The summed E-state index contributed by atoms with van der Waals surface area (Å²) < 4.78 is 4.25. The monoisotopic (exact) mass is 419 g/mol. The van der Waals surface area contributed by atoms with Crippen molar-refractivity contribution in [1.29, 1.82) is 0 Å². The van der Waals surface area contributed by atoms with Gasteiger partial charge in [-0.1, -0.05) is 0 Å². The molecule has 1 aromatic carbocycles. The molecule has 1 atom stereocenters. The summed E-state index contributed by atoms with van der Waals surface area (Å²) in [5, 5.41) is 37.0. The van der Waals surface area contributed by atoms with Crippen molar-refractivity contribution < 1.29 is 19.5 Å². The van der Waals surface area contributed by atoms with Gasteiger partial charge in [-0.25, -0.2) is 0 Å². The van der Waals surface area contributed by atoms with Gasteiger partial charge in [0, 0.05) is 32.8 Å². The number of thiol groups is 1. The molecule has 1 unspecified atom stereocenters. The Hall–Kier alpha value is -2.00. The lowest BCUT2D eigenvalue weighted by Gasteiger charge is -2.40. The molecule has 1 saturated heterocycles. The first-order chi connectivity index (χ1) is 12.7. The number of benzene rings is 1. The molecule has 0 aromatic heterocycles. The van der Waals surface area contributed by atoms with Crippen LogP contribution in [0, 0.1) is 30.3 Å². The van der Waals surface area contributed by atoms with Crippen LogP contribution < -0.4 is 5.32 Å². The molecule has 27 heavy (non-hydrogen) atoms. The predicted molar refractivity (Wildman–Crippen MR) is 100 cm³/mol. The lowest BCUT2D eigenvalue weighted by molar-refractivity contribution is -0.407. The number of hydrogen-bond acceptors (Lipinski definition) is 11. The van der Waals surface area contributed by atoms with Gasteiger partial charge in [0.15, 0.2) is 4.90 Å². The molecule has 1 fully saturated rings. The van der Waals surface area contributed by atoms with Gasteiger partial charge in [0.1, 0.15) is 0 Å². The van der Waals surface area contributed by atoms with Crippen LogP contribution in [-0.4, -0.2) is 56.8 Å². The Balaban J connectivity index is 2.58. The van der Waals surface area contributed by atoms with E-state index in [0.29, 0.717) is 50.1 Å². The molecule has 148 valence electrons. The summed E-state index contributed by atoms with van der Waals surface area (Å²) in [6.07, 6.45) is 0. The fraction of sp³-hybridized carbons (Fsp3) is 0.538. The Morgan fingerprint density at radius 3 is 2.07 bits per heavy atom. The molecule has 1 aliphatic rings. The van der Waals surface area contributed by atoms with Gasteiger partial charge in [-0.3, -0.25) is 35.2 Å². The van der Waals surface area contributed by atoms with Crippen LogP contribution in [0.3, 0.4) is 0 Å². The van der Waals surface area contributed by atoms with Gasteiger partial charge in [-0.2, -0.15) is 0 Å². The van der Waals surface area contributed by atoms with Crippen LogP contribution in [0.25, 0.3) is 0 Å². The van der Waals surface area contributed by atoms with E-state index < -0.39 is 36.2 Å². The van der Waals surface area contributed by atoms with Gasteiger partial charge in [0.25, 0.3) is 17.1 Å². The molecule has 0 spiro atoms. The molecule has 1 heterocycles. The third-order valence-electron chi connectivity index (χ3n) is 3.72. The molecule has 0 bridgehead atoms. The summed E-state index contributed by atoms with van der Waals surface area (Å²) in [6, 6.07) is 1.40. The molecular weight excluding hydrogens is 402 g/mol. The number of rotatable bonds is 8. The minimum Gasteiger partial charge on any atom is -0.342 e. The summed E-state index contributed by atoms with van der Waals surface area (Å²) in [4.78, 5) is 32.6. The molecule has 2 rings (SSSR count). The zero-order valence-corrected chi connectivity index (χ0v) is 15.9. The number of nitrogens with zero attached hydrogens (tertiary/aromatic N) is 4. The Morgan fingerprint density at radius 1 is 1.15 bits per heavy atom. The SMILES string of the molecule is CCOC(S)(Sc1c([N+](=O)[O-])cc([N+](=O)[O-])cc1[N+](=O)[O-])N1CCNCC1. The first-order valence-electron chi connectivity index (χ1n) is 7.82. The third kappa shape index (κ3) is 4.84. The quantitative estimate of drug-likeness (QED) is 0.210. The van der Waals surface area contributed by atoms with E-state index in [0.717, 1.165) is 0 Å².